The van der Waals surface area contributed by atoms with Crippen LogP contribution in [-0.2, 0) is 21.9 Å². The summed E-state index contributed by atoms with van der Waals surface area (Å²) < 4.78 is 28.1. The molecule has 1 atom stereocenters. The minimum absolute atomic E-state index is 0.0161. The molecule has 0 aliphatic carbocycles. The molecule has 0 aliphatic heterocycles. The number of nitrogens with one attached hydrogen (secondary N) is 1. The van der Waals surface area contributed by atoms with Crippen molar-refractivity contribution in [3.05, 3.63) is 12.0 Å². The van der Waals surface area contributed by atoms with E-state index >= 15 is 0 Å². The first-order valence-corrected chi connectivity index (χ1v) is 7.45. The van der Waals surface area contributed by atoms with Gasteiger partial charge in [-0.1, -0.05) is 0 Å². The van der Waals surface area contributed by atoms with Gasteiger partial charge in [-0.05, 0) is 26.7 Å². The highest BCUT2D eigenvalue weighted by atomic mass is 32.2. The maximum Gasteiger partial charge on any atom is 0.303 e. The predicted octanol–water partition coefficient (Wildman–Crippen LogP) is 0.650. The molecular formula is C11H19N3O4S. The SMILES string of the molecule is Cc1nc(S(=O)(=O)NC(C)CCCC(=O)O)cn1C. The zero-order valence-electron chi connectivity index (χ0n) is 11.3. The van der Waals surface area contributed by atoms with Crippen molar-refractivity contribution in [2.24, 2.45) is 7.05 Å². The smallest absolute Gasteiger partial charge is 0.303 e. The third-order valence-electron chi connectivity index (χ3n) is 2.75. The molecule has 8 heteroatoms. The third kappa shape index (κ3) is 4.64. The van der Waals surface area contributed by atoms with E-state index in [1.165, 1.54) is 6.20 Å². The van der Waals surface area contributed by atoms with Crippen molar-refractivity contribution in [1.82, 2.24) is 14.3 Å². The van der Waals surface area contributed by atoms with E-state index in [-0.39, 0.29) is 17.5 Å². The van der Waals surface area contributed by atoms with E-state index < -0.39 is 16.0 Å². The Balaban J connectivity index is 2.61. The number of aliphatic carboxylic acids is 1. The van der Waals surface area contributed by atoms with Gasteiger partial charge in [0.05, 0.1) is 0 Å². The van der Waals surface area contributed by atoms with Crippen molar-refractivity contribution in [3.8, 4) is 0 Å². The van der Waals surface area contributed by atoms with Crippen LogP contribution in [0.15, 0.2) is 11.2 Å². The summed E-state index contributed by atoms with van der Waals surface area (Å²) in [5, 5.41) is 8.50. The van der Waals surface area contributed by atoms with Crippen LogP contribution in [0.2, 0.25) is 0 Å². The topological polar surface area (TPSA) is 101 Å². The standard InChI is InChI=1S/C11H19N3O4S/c1-8(5-4-6-11(15)16)13-19(17,18)10-7-14(3)9(2)12-10/h7-8,13H,4-6H2,1-3H3,(H,15,16). The molecule has 108 valence electrons. The van der Waals surface area contributed by atoms with Gasteiger partial charge in [0.25, 0.3) is 10.0 Å². The number of rotatable bonds is 7. The zero-order chi connectivity index (χ0) is 14.6. The Morgan fingerprint density at radius 3 is 2.68 bits per heavy atom. The van der Waals surface area contributed by atoms with Gasteiger partial charge >= 0.3 is 5.97 Å². The molecule has 0 saturated heterocycles. The number of hydrogen-bond donors (Lipinski definition) is 2. The van der Waals surface area contributed by atoms with E-state index in [0.29, 0.717) is 18.7 Å². The van der Waals surface area contributed by atoms with Crippen LogP contribution < -0.4 is 4.72 Å². The number of hydrogen-bond acceptors (Lipinski definition) is 4. The van der Waals surface area contributed by atoms with Crippen molar-refractivity contribution in [2.75, 3.05) is 0 Å². The zero-order valence-corrected chi connectivity index (χ0v) is 12.1. The molecule has 0 saturated carbocycles. The lowest BCUT2D eigenvalue weighted by Gasteiger charge is -2.12. The molecule has 1 aromatic heterocycles. The van der Waals surface area contributed by atoms with Gasteiger partial charge in [-0.3, -0.25) is 4.79 Å². The van der Waals surface area contributed by atoms with Crippen molar-refractivity contribution >= 4 is 16.0 Å². The van der Waals surface area contributed by atoms with Crippen molar-refractivity contribution in [3.63, 3.8) is 0 Å². The molecule has 2 N–H and O–H groups in total. The first kappa shape index (κ1) is 15.6. The minimum Gasteiger partial charge on any atom is -0.481 e. The average molecular weight is 289 g/mol. The van der Waals surface area contributed by atoms with E-state index in [4.69, 9.17) is 5.11 Å². The fourth-order valence-corrected chi connectivity index (χ4v) is 2.92. The Kier molecular flexibility index (Phi) is 5.07. The van der Waals surface area contributed by atoms with Crippen LogP contribution in [0.4, 0.5) is 0 Å². The van der Waals surface area contributed by atoms with Gasteiger partial charge < -0.3 is 9.67 Å². The second-order valence-electron chi connectivity index (χ2n) is 4.55. The van der Waals surface area contributed by atoms with Gasteiger partial charge in [0, 0.05) is 25.7 Å². The monoisotopic (exact) mass is 289 g/mol. The second kappa shape index (κ2) is 6.16. The van der Waals surface area contributed by atoms with Crippen LogP contribution in [0.1, 0.15) is 32.0 Å². The Morgan fingerprint density at radius 1 is 1.58 bits per heavy atom. The molecule has 1 aromatic rings. The van der Waals surface area contributed by atoms with Crippen LogP contribution in [0.3, 0.4) is 0 Å². The van der Waals surface area contributed by atoms with Crippen molar-refractivity contribution < 1.29 is 18.3 Å². The molecule has 1 heterocycles. The molecule has 1 rings (SSSR count). The van der Waals surface area contributed by atoms with Crippen LogP contribution in [0.5, 0.6) is 0 Å². The number of carboxylic acid groups (broad SMARTS) is 1. The summed E-state index contributed by atoms with van der Waals surface area (Å²) in [5.41, 5.74) is 0. The number of carboxylic acids is 1. The summed E-state index contributed by atoms with van der Waals surface area (Å²) in [5.74, 6) is -0.269. The summed E-state index contributed by atoms with van der Waals surface area (Å²) >= 11 is 0. The number of nitrogens with zero attached hydrogens (tertiary/aromatic N) is 2. The van der Waals surface area contributed by atoms with Crippen molar-refractivity contribution in [2.45, 2.75) is 44.2 Å². The molecule has 0 bridgehead atoms. The lowest BCUT2D eigenvalue weighted by molar-refractivity contribution is -0.137. The fourth-order valence-electron chi connectivity index (χ4n) is 1.60. The number of aromatic nitrogens is 2. The maximum absolute atomic E-state index is 12.0. The van der Waals surface area contributed by atoms with Gasteiger partial charge in [0.15, 0.2) is 5.03 Å². The molecule has 0 aromatic carbocycles. The van der Waals surface area contributed by atoms with Crippen LogP contribution >= 0.6 is 0 Å². The van der Waals surface area contributed by atoms with E-state index in [9.17, 15) is 13.2 Å². The van der Waals surface area contributed by atoms with Gasteiger partial charge in [0.2, 0.25) is 0 Å². The largest absolute Gasteiger partial charge is 0.481 e. The number of imidazole rings is 1. The summed E-state index contributed by atoms with van der Waals surface area (Å²) in [4.78, 5) is 14.3. The molecule has 0 spiro atoms. The predicted molar refractivity (Wildman–Crippen MR) is 69.2 cm³/mol. The maximum atomic E-state index is 12.0. The molecule has 19 heavy (non-hydrogen) atoms. The second-order valence-corrected chi connectivity index (χ2v) is 6.21. The molecule has 0 fully saturated rings. The lowest BCUT2D eigenvalue weighted by Crippen LogP contribution is -2.32. The van der Waals surface area contributed by atoms with E-state index in [1.807, 2.05) is 0 Å². The Hall–Kier alpha value is -1.41. The number of aryl methyl sites for hydroxylation is 2. The van der Waals surface area contributed by atoms with Crippen LogP contribution in [-0.4, -0.2) is 35.1 Å². The van der Waals surface area contributed by atoms with Gasteiger partial charge in [-0.15, -0.1) is 0 Å². The molecule has 1 unspecified atom stereocenters. The highest BCUT2D eigenvalue weighted by molar-refractivity contribution is 7.89. The van der Waals surface area contributed by atoms with E-state index in [2.05, 4.69) is 9.71 Å². The molecule has 0 radical (unpaired) electrons. The highest BCUT2D eigenvalue weighted by Crippen LogP contribution is 2.10. The lowest BCUT2D eigenvalue weighted by atomic mass is 10.1. The number of sulfonamides is 1. The average Bonchev–Trinajstić information content (AvgIpc) is 2.58. The van der Waals surface area contributed by atoms with E-state index in [0.717, 1.165) is 0 Å². The third-order valence-corrected chi connectivity index (χ3v) is 4.21. The molecule has 7 nitrogen and oxygen atoms in total. The Labute approximate surface area is 112 Å². The van der Waals surface area contributed by atoms with Gasteiger partial charge in [0.1, 0.15) is 5.82 Å². The summed E-state index contributed by atoms with van der Waals surface area (Å²) in [6.07, 6.45) is 2.38. The van der Waals surface area contributed by atoms with Gasteiger partial charge in [-0.25, -0.2) is 18.1 Å². The van der Waals surface area contributed by atoms with Crippen molar-refractivity contribution in [1.29, 1.82) is 0 Å². The normalized spacial score (nSPS) is 13.4. The summed E-state index contributed by atoms with van der Waals surface area (Å²) in [7, 11) is -1.92. The Bertz CT molecular complexity index is 531. The van der Waals surface area contributed by atoms with Gasteiger partial charge in [-0.2, -0.15) is 0 Å². The fraction of sp³-hybridized carbons (Fsp3) is 0.636. The van der Waals surface area contributed by atoms with Crippen LogP contribution in [0, 0.1) is 6.92 Å². The van der Waals surface area contributed by atoms with E-state index in [1.54, 1.807) is 25.5 Å². The Morgan fingerprint density at radius 2 is 2.21 bits per heavy atom. The first-order valence-electron chi connectivity index (χ1n) is 5.96. The molecule has 0 amide bonds. The molecule has 0 aliphatic rings. The number of carbonyl (C=O) groups is 1. The first-order chi connectivity index (χ1) is 8.72. The van der Waals surface area contributed by atoms with Crippen LogP contribution in [0.25, 0.3) is 0 Å². The highest BCUT2D eigenvalue weighted by Gasteiger charge is 2.20. The quantitative estimate of drug-likeness (QED) is 0.767. The summed E-state index contributed by atoms with van der Waals surface area (Å²) in [6, 6.07) is -0.327. The molecular weight excluding hydrogens is 270 g/mol. The minimum atomic E-state index is -3.64. The summed E-state index contributed by atoms with van der Waals surface area (Å²) in [6.45, 7) is 3.42.